The molecule has 3 aliphatic heterocycles. The lowest BCUT2D eigenvalue weighted by Gasteiger charge is -2.42. The molecule has 2 bridgehead atoms. The van der Waals surface area contributed by atoms with Gasteiger partial charge in [-0.1, -0.05) is 6.07 Å². The van der Waals surface area contributed by atoms with Gasteiger partial charge in [-0.3, -0.25) is 19.2 Å². The number of nitrogens with zero attached hydrogens (tertiary/aromatic N) is 3. The van der Waals surface area contributed by atoms with Gasteiger partial charge in [0.25, 0.3) is 11.8 Å². The van der Waals surface area contributed by atoms with Crippen molar-refractivity contribution in [1.82, 2.24) is 14.5 Å². The predicted molar refractivity (Wildman–Crippen MR) is 119 cm³/mol. The lowest BCUT2D eigenvalue weighted by atomic mass is 9.84. The number of nitrogens with two attached hydrogens (primary N) is 1. The molecule has 0 saturated carbocycles. The number of amides is 2. The zero-order valence-electron chi connectivity index (χ0n) is 19.3. The Bertz CT molecular complexity index is 1300. The van der Waals surface area contributed by atoms with E-state index in [9.17, 15) is 28.3 Å². The number of carbonyl (C=O) groups is 2. The summed E-state index contributed by atoms with van der Waals surface area (Å²) in [5.41, 5.74) is 3.16. The van der Waals surface area contributed by atoms with Crippen molar-refractivity contribution in [3.05, 3.63) is 63.1 Å². The van der Waals surface area contributed by atoms with Crippen molar-refractivity contribution in [2.24, 2.45) is 5.73 Å². The molecule has 3 N–H and O–H groups in total. The molecule has 2 fully saturated rings. The highest BCUT2D eigenvalue weighted by atomic mass is 19.1. The number of hydroxylamine groups is 2. The van der Waals surface area contributed by atoms with Crippen molar-refractivity contribution >= 4 is 11.8 Å². The van der Waals surface area contributed by atoms with Gasteiger partial charge in [-0.15, -0.1) is 0 Å². The topological polar surface area (TPSA) is 118 Å². The SMILES string of the molecule is CC1C[C@@]2(CC[C@H](C)N3C[C@H]2n2cc(C(N)=O)c(=O)c(O)c2C3=O)ON1Cc1ccc(F)cc1F. The average molecular weight is 488 g/mol. The maximum Gasteiger partial charge on any atom is 0.274 e. The minimum atomic E-state index is -1.01. The zero-order valence-corrected chi connectivity index (χ0v) is 19.3. The van der Waals surface area contributed by atoms with E-state index < -0.39 is 51.8 Å². The van der Waals surface area contributed by atoms with E-state index in [2.05, 4.69) is 0 Å². The van der Waals surface area contributed by atoms with Crippen LogP contribution in [0.15, 0.2) is 29.2 Å². The third-order valence-electron chi connectivity index (χ3n) is 7.54. The zero-order chi connectivity index (χ0) is 25.2. The molecule has 1 spiro atoms. The molecule has 1 aromatic heterocycles. The molecule has 4 atom stereocenters. The van der Waals surface area contributed by atoms with Crippen molar-refractivity contribution in [3.8, 4) is 5.75 Å². The first-order valence-electron chi connectivity index (χ1n) is 11.5. The van der Waals surface area contributed by atoms with Gasteiger partial charge in [-0.2, -0.15) is 5.06 Å². The second kappa shape index (κ2) is 8.13. The summed E-state index contributed by atoms with van der Waals surface area (Å²) in [6, 6.07) is 2.49. The van der Waals surface area contributed by atoms with Crippen LogP contribution in [-0.4, -0.2) is 55.7 Å². The standard InChI is InChI=1S/C24H26F2N4O5/c1-12-5-6-24(8-13(2)30(35-24)9-14-3-4-15(25)7-17(14)26)18-11-28(12)23(34)19-21(32)20(31)16(22(27)33)10-29(18)19/h3-4,7,10,12-13,18,32H,5-6,8-9,11H2,1-2H3,(H2,27,33)/t12-,13?,18+,24+/m0/s1. The van der Waals surface area contributed by atoms with Crippen LogP contribution < -0.4 is 11.2 Å². The Morgan fingerprint density at radius 2 is 2.00 bits per heavy atom. The molecule has 186 valence electrons. The smallest absolute Gasteiger partial charge is 0.274 e. The van der Waals surface area contributed by atoms with E-state index in [1.54, 1.807) is 9.96 Å². The number of hydrogen-bond acceptors (Lipinski definition) is 6. The molecule has 11 heteroatoms. The molecule has 2 saturated heterocycles. The number of carbonyl (C=O) groups excluding carboxylic acids is 2. The molecule has 1 aromatic carbocycles. The number of fused-ring (bicyclic) bond motifs is 5. The summed E-state index contributed by atoms with van der Waals surface area (Å²) in [4.78, 5) is 45.8. The quantitative estimate of drug-likeness (QED) is 0.683. The lowest BCUT2D eigenvalue weighted by molar-refractivity contribution is -0.225. The van der Waals surface area contributed by atoms with Gasteiger partial charge < -0.3 is 20.3 Å². The maximum atomic E-state index is 14.4. The summed E-state index contributed by atoms with van der Waals surface area (Å²) in [5.74, 6) is -3.68. The largest absolute Gasteiger partial charge is 0.503 e. The van der Waals surface area contributed by atoms with E-state index in [1.165, 1.54) is 22.9 Å². The van der Waals surface area contributed by atoms with E-state index in [-0.39, 0.29) is 36.4 Å². The normalized spacial score (nSPS) is 28.3. The van der Waals surface area contributed by atoms with Crippen LogP contribution in [0.5, 0.6) is 5.75 Å². The van der Waals surface area contributed by atoms with Gasteiger partial charge >= 0.3 is 0 Å². The Morgan fingerprint density at radius 1 is 1.26 bits per heavy atom. The fourth-order valence-corrected chi connectivity index (χ4v) is 5.63. The van der Waals surface area contributed by atoms with Gasteiger partial charge in [0.2, 0.25) is 5.43 Å². The number of benzene rings is 1. The Hall–Kier alpha value is -3.31. The molecule has 5 rings (SSSR count). The third kappa shape index (κ3) is 3.61. The molecule has 35 heavy (non-hydrogen) atoms. The van der Waals surface area contributed by atoms with E-state index >= 15 is 0 Å². The van der Waals surface area contributed by atoms with Crippen LogP contribution in [0.2, 0.25) is 0 Å². The van der Waals surface area contributed by atoms with Crippen LogP contribution in [0.3, 0.4) is 0 Å². The number of hydrogen-bond donors (Lipinski definition) is 2. The van der Waals surface area contributed by atoms with Gasteiger partial charge in [0, 0.05) is 36.5 Å². The van der Waals surface area contributed by atoms with E-state index in [0.717, 1.165) is 6.07 Å². The van der Waals surface area contributed by atoms with Gasteiger partial charge in [-0.25, -0.2) is 8.78 Å². The van der Waals surface area contributed by atoms with Gasteiger partial charge in [0.05, 0.1) is 12.6 Å². The molecule has 0 aliphatic carbocycles. The number of aromatic nitrogens is 1. The average Bonchev–Trinajstić information content (AvgIpc) is 3.05. The fraction of sp³-hybridized carbons (Fsp3) is 0.458. The molecule has 4 heterocycles. The summed E-state index contributed by atoms with van der Waals surface area (Å²) in [7, 11) is 0. The second-order valence-corrected chi connectivity index (χ2v) is 9.72. The number of primary amides is 1. The second-order valence-electron chi connectivity index (χ2n) is 9.72. The monoisotopic (exact) mass is 488 g/mol. The van der Waals surface area contributed by atoms with E-state index in [1.807, 2.05) is 13.8 Å². The molecule has 1 unspecified atom stereocenters. The lowest BCUT2D eigenvalue weighted by Crippen LogP contribution is -2.52. The minimum absolute atomic E-state index is 0.0781. The van der Waals surface area contributed by atoms with Crippen LogP contribution in [0, 0.1) is 11.6 Å². The summed E-state index contributed by atoms with van der Waals surface area (Å²) < 4.78 is 29.2. The van der Waals surface area contributed by atoms with Crippen LogP contribution in [-0.2, 0) is 11.4 Å². The summed E-state index contributed by atoms with van der Waals surface area (Å²) in [5, 5.41) is 12.3. The van der Waals surface area contributed by atoms with Crippen LogP contribution >= 0.6 is 0 Å². The van der Waals surface area contributed by atoms with E-state index in [0.29, 0.717) is 19.3 Å². The Morgan fingerprint density at radius 3 is 2.69 bits per heavy atom. The molecular formula is C24H26F2N4O5. The van der Waals surface area contributed by atoms with Gasteiger partial charge in [0.1, 0.15) is 22.8 Å². The van der Waals surface area contributed by atoms with Crippen molar-refractivity contribution < 1.29 is 28.3 Å². The Kier molecular flexibility index (Phi) is 5.44. The number of pyridine rings is 1. The van der Waals surface area contributed by atoms with Crippen LogP contribution in [0.1, 0.15) is 65.6 Å². The molecule has 2 aromatic rings. The highest BCUT2D eigenvalue weighted by Crippen LogP contribution is 2.48. The van der Waals surface area contributed by atoms with Crippen LogP contribution in [0.4, 0.5) is 8.78 Å². The van der Waals surface area contributed by atoms with E-state index in [4.69, 9.17) is 10.6 Å². The number of halogens is 2. The molecule has 3 aliphatic rings. The molecule has 2 amide bonds. The maximum absolute atomic E-state index is 14.4. The first-order chi connectivity index (χ1) is 16.5. The minimum Gasteiger partial charge on any atom is -0.503 e. The van der Waals surface area contributed by atoms with Crippen molar-refractivity contribution in [2.45, 2.75) is 63.4 Å². The Labute approximate surface area is 199 Å². The van der Waals surface area contributed by atoms with Crippen molar-refractivity contribution in [1.29, 1.82) is 0 Å². The summed E-state index contributed by atoms with van der Waals surface area (Å²) >= 11 is 0. The van der Waals surface area contributed by atoms with Crippen molar-refractivity contribution in [2.75, 3.05) is 6.54 Å². The van der Waals surface area contributed by atoms with Crippen LogP contribution in [0.25, 0.3) is 0 Å². The molecular weight excluding hydrogens is 462 g/mol. The number of aromatic hydroxyl groups is 1. The van der Waals surface area contributed by atoms with Gasteiger partial charge in [-0.05, 0) is 39.2 Å². The third-order valence-corrected chi connectivity index (χ3v) is 7.54. The summed E-state index contributed by atoms with van der Waals surface area (Å²) in [6.45, 7) is 4.13. The Balaban J connectivity index is 1.59. The number of rotatable bonds is 3. The molecule has 0 radical (unpaired) electrons. The van der Waals surface area contributed by atoms with Gasteiger partial charge in [0.15, 0.2) is 11.4 Å². The predicted octanol–water partition coefficient (Wildman–Crippen LogP) is 2.08. The highest BCUT2D eigenvalue weighted by Gasteiger charge is 2.55. The first kappa shape index (κ1) is 23.4. The highest BCUT2D eigenvalue weighted by molar-refractivity contribution is 5.99. The fourth-order valence-electron chi connectivity index (χ4n) is 5.63. The first-order valence-corrected chi connectivity index (χ1v) is 11.5. The summed E-state index contributed by atoms with van der Waals surface area (Å²) in [6.07, 6.45) is 2.87. The van der Waals surface area contributed by atoms with Crippen molar-refractivity contribution in [3.63, 3.8) is 0 Å². The molecule has 9 nitrogen and oxygen atoms in total.